The zero-order valence-corrected chi connectivity index (χ0v) is 15.5. The summed E-state index contributed by atoms with van der Waals surface area (Å²) in [5, 5.41) is 14.8. The molecule has 0 saturated carbocycles. The molecule has 138 valence electrons. The number of carboxylic acid groups (broad SMARTS) is 1. The van der Waals surface area contributed by atoms with Gasteiger partial charge in [0.1, 0.15) is 0 Å². The molecule has 1 aliphatic rings. The molecule has 1 amide bonds. The third-order valence-electron chi connectivity index (χ3n) is 4.37. The highest BCUT2D eigenvalue weighted by atomic mass is 16.4. The minimum Gasteiger partial charge on any atom is -0.478 e. The molecule has 0 atom stereocenters. The quantitative estimate of drug-likeness (QED) is 0.823. The van der Waals surface area contributed by atoms with E-state index in [9.17, 15) is 9.59 Å². The summed E-state index contributed by atoms with van der Waals surface area (Å²) < 4.78 is 0. The van der Waals surface area contributed by atoms with E-state index < -0.39 is 5.97 Å². The molecular weight excluding hydrogens is 342 g/mol. The van der Waals surface area contributed by atoms with E-state index in [1.165, 1.54) is 17.1 Å². The molecule has 2 aromatic carbocycles. The predicted octanol–water partition coefficient (Wildman–Crippen LogP) is 3.65. The van der Waals surface area contributed by atoms with E-state index in [1.807, 2.05) is 56.3 Å². The Morgan fingerprint density at radius 3 is 2.26 bits per heavy atom. The van der Waals surface area contributed by atoms with Crippen molar-refractivity contribution in [1.82, 2.24) is 0 Å². The van der Waals surface area contributed by atoms with E-state index in [-0.39, 0.29) is 11.5 Å². The number of hydrazone groups is 1. The van der Waals surface area contributed by atoms with Crippen LogP contribution < -0.4 is 9.91 Å². The molecule has 1 N–H and O–H groups in total. The van der Waals surface area contributed by atoms with Crippen LogP contribution in [0.4, 0.5) is 11.4 Å². The van der Waals surface area contributed by atoms with Gasteiger partial charge in [-0.15, -0.1) is 0 Å². The number of carboxylic acids is 1. The van der Waals surface area contributed by atoms with Crippen LogP contribution in [-0.2, 0) is 4.79 Å². The molecule has 2 aromatic rings. The third kappa shape index (κ3) is 3.74. The monoisotopic (exact) mass is 363 g/mol. The molecule has 0 radical (unpaired) electrons. The van der Waals surface area contributed by atoms with Gasteiger partial charge < -0.3 is 10.0 Å². The Balaban J connectivity index is 1.90. The maximum absolute atomic E-state index is 12.9. The maximum Gasteiger partial charge on any atom is 0.335 e. The fourth-order valence-corrected chi connectivity index (χ4v) is 2.82. The van der Waals surface area contributed by atoms with Crippen molar-refractivity contribution >= 4 is 35.0 Å². The van der Waals surface area contributed by atoms with Gasteiger partial charge in [-0.1, -0.05) is 19.1 Å². The van der Waals surface area contributed by atoms with Crippen LogP contribution in [0.3, 0.4) is 0 Å². The summed E-state index contributed by atoms with van der Waals surface area (Å²) in [7, 11) is 3.95. The van der Waals surface area contributed by atoms with E-state index in [4.69, 9.17) is 5.11 Å². The summed E-state index contributed by atoms with van der Waals surface area (Å²) in [4.78, 5) is 25.9. The fraction of sp³-hybridized carbons (Fsp3) is 0.190. The van der Waals surface area contributed by atoms with Crippen LogP contribution in [0.2, 0.25) is 0 Å². The van der Waals surface area contributed by atoms with E-state index in [2.05, 4.69) is 5.10 Å². The minimum atomic E-state index is -1.01. The number of anilines is 2. The standard InChI is InChI=1S/C21H21N3O3/c1-4-19-18(13-14-5-9-16(10-6-14)23(2)3)20(25)24(22-19)17-11-7-15(8-12-17)21(26)27/h5-13H,4H2,1-3H3,(H,26,27)/b18-13-. The van der Waals surface area contributed by atoms with Gasteiger partial charge in [0.05, 0.1) is 22.5 Å². The normalized spacial score (nSPS) is 15.2. The van der Waals surface area contributed by atoms with Crippen molar-refractivity contribution in [2.24, 2.45) is 5.10 Å². The summed E-state index contributed by atoms with van der Waals surface area (Å²) >= 11 is 0. The van der Waals surface area contributed by atoms with Crippen LogP contribution in [-0.4, -0.2) is 36.8 Å². The third-order valence-corrected chi connectivity index (χ3v) is 4.37. The fourth-order valence-electron chi connectivity index (χ4n) is 2.82. The second-order valence-corrected chi connectivity index (χ2v) is 6.41. The molecule has 6 nitrogen and oxygen atoms in total. The number of aromatic carboxylic acids is 1. The Morgan fingerprint density at radius 1 is 1.11 bits per heavy atom. The Kier molecular flexibility index (Phi) is 5.07. The number of amides is 1. The Morgan fingerprint density at radius 2 is 1.74 bits per heavy atom. The first-order valence-electron chi connectivity index (χ1n) is 8.65. The number of hydrogen-bond acceptors (Lipinski definition) is 4. The lowest BCUT2D eigenvalue weighted by molar-refractivity contribution is -0.114. The summed E-state index contributed by atoms with van der Waals surface area (Å²) in [6.45, 7) is 1.95. The second kappa shape index (κ2) is 7.45. The number of rotatable bonds is 5. The molecule has 6 heteroatoms. The van der Waals surface area contributed by atoms with Crippen molar-refractivity contribution in [2.75, 3.05) is 24.0 Å². The van der Waals surface area contributed by atoms with Crippen molar-refractivity contribution in [1.29, 1.82) is 0 Å². The van der Waals surface area contributed by atoms with E-state index in [1.54, 1.807) is 12.1 Å². The minimum absolute atomic E-state index is 0.168. The molecule has 0 aromatic heterocycles. The summed E-state index contributed by atoms with van der Waals surface area (Å²) in [6, 6.07) is 14.0. The number of nitrogens with zero attached hydrogens (tertiary/aromatic N) is 3. The average Bonchev–Trinajstić information content (AvgIpc) is 2.98. The molecule has 0 spiro atoms. The van der Waals surface area contributed by atoms with Crippen molar-refractivity contribution in [3.05, 3.63) is 65.2 Å². The van der Waals surface area contributed by atoms with E-state index in [0.717, 1.165) is 11.3 Å². The smallest absolute Gasteiger partial charge is 0.335 e. The Hall–Kier alpha value is -3.41. The zero-order chi connectivity index (χ0) is 19.6. The zero-order valence-electron chi connectivity index (χ0n) is 15.5. The van der Waals surface area contributed by atoms with Crippen molar-refractivity contribution < 1.29 is 14.7 Å². The van der Waals surface area contributed by atoms with Gasteiger partial charge in [-0.3, -0.25) is 4.79 Å². The first-order valence-corrected chi connectivity index (χ1v) is 8.65. The van der Waals surface area contributed by atoms with Gasteiger partial charge in [-0.05, 0) is 54.5 Å². The summed E-state index contributed by atoms with van der Waals surface area (Å²) in [5.74, 6) is -1.22. The number of hydrogen-bond donors (Lipinski definition) is 1. The van der Waals surface area contributed by atoms with Gasteiger partial charge in [0.25, 0.3) is 5.91 Å². The number of carbonyl (C=O) groups excluding carboxylic acids is 1. The van der Waals surface area contributed by atoms with Gasteiger partial charge in [0, 0.05) is 19.8 Å². The van der Waals surface area contributed by atoms with Gasteiger partial charge in [0.2, 0.25) is 0 Å². The van der Waals surface area contributed by atoms with E-state index in [0.29, 0.717) is 23.4 Å². The lowest BCUT2D eigenvalue weighted by Gasteiger charge is -2.12. The molecule has 3 rings (SSSR count). The molecule has 0 fully saturated rings. The SMILES string of the molecule is CCC1=NN(c2ccc(C(=O)O)cc2)C(=O)/C1=C\c1ccc(N(C)C)cc1. The van der Waals surface area contributed by atoms with Crippen LogP contribution in [0.5, 0.6) is 0 Å². The molecular formula is C21H21N3O3. The van der Waals surface area contributed by atoms with Crippen molar-refractivity contribution in [3.8, 4) is 0 Å². The van der Waals surface area contributed by atoms with Crippen molar-refractivity contribution in [3.63, 3.8) is 0 Å². The number of carbonyl (C=O) groups is 2. The highest BCUT2D eigenvalue weighted by Crippen LogP contribution is 2.27. The molecule has 0 unspecified atom stereocenters. The summed E-state index contributed by atoms with van der Waals surface area (Å²) in [5.41, 5.74) is 3.98. The van der Waals surface area contributed by atoms with Gasteiger partial charge in [-0.25, -0.2) is 4.79 Å². The van der Waals surface area contributed by atoms with Crippen LogP contribution in [0.15, 0.2) is 59.2 Å². The lowest BCUT2D eigenvalue weighted by atomic mass is 10.0. The molecule has 0 saturated heterocycles. The van der Waals surface area contributed by atoms with Gasteiger partial charge >= 0.3 is 5.97 Å². The molecule has 1 heterocycles. The lowest BCUT2D eigenvalue weighted by Crippen LogP contribution is -2.21. The highest BCUT2D eigenvalue weighted by Gasteiger charge is 2.30. The molecule has 1 aliphatic heterocycles. The topological polar surface area (TPSA) is 73.2 Å². The number of benzene rings is 2. The van der Waals surface area contributed by atoms with Crippen molar-refractivity contribution in [2.45, 2.75) is 13.3 Å². The largest absolute Gasteiger partial charge is 0.478 e. The Labute approximate surface area is 158 Å². The second-order valence-electron chi connectivity index (χ2n) is 6.41. The molecule has 0 bridgehead atoms. The van der Waals surface area contributed by atoms with Gasteiger partial charge in [0.15, 0.2) is 0 Å². The van der Waals surface area contributed by atoms with E-state index >= 15 is 0 Å². The Bertz CT molecular complexity index is 926. The average molecular weight is 363 g/mol. The first kappa shape index (κ1) is 18.4. The van der Waals surface area contributed by atoms with Crippen LogP contribution in [0, 0.1) is 0 Å². The van der Waals surface area contributed by atoms with Crippen LogP contribution in [0.1, 0.15) is 29.3 Å². The highest BCUT2D eigenvalue weighted by molar-refractivity contribution is 6.32. The van der Waals surface area contributed by atoms with Gasteiger partial charge in [-0.2, -0.15) is 10.1 Å². The van der Waals surface area contributed by atoms with Crippen LogP contribution >= 0.6 is 0 Å². The maximum atomic E-state index is 12.9. The van der Waals surface area contributed by atoms with Crippen LogP contribution in [0.25, 0.3) is 6.08 Å². The predicted molar refractivity (Wildman–Crippen MR) is 107 cm³/mol. The first-order chi connectivity index (χ1) is 12.9. The molecule has 0 aliphatic carbocycles. The molecule has 27 heavy (non-hydrogen) atoms. The summed E-state index contributed by atoms with van der Waals surface area (Å²) in [6.07, 6.45) is 2.47.